The van der Waals surface area contributed by atoms with E-state index < -0.39 is 0 Å². The Labute approximate surface area is 68.1 Å². The molecule has 0 aliphatic carbocycles. The summed E-state index contributed by atoms with van der Waals surface area (Å²) in [6, 6.07) is 3.96. The van der Waals surface area contributed by atoms with Gasteiger partial charge in [-0.3, -0.25) is 9.36 Å². The first-order valence-corrected chi connectivity index (χ1v) is 4.22. The first-order chi connectivity index (χ1) is 5.29. The van der Waals surface area contributed by atoms with E-state index in [1.165, 1.54) is 0 Å². The third-order valence-corrected chi connectivity index (χ3v) is 2.56. The Morgan fingerprint density at radius 3 is 3.09 bits per heavy atom. The number of carbonyl (C=O) groups is 1. The topological polar surface area (TPSA) is 22.0 Å². The van der Waals surface area contributed by atoms with Crippen LogP contribution in [0.5, 0.6) is 0 Å². The third-order valence-electron chi connectivity index (χ3n) is 1.64. The standard InChI is InChI=1S/C8H7NOS/c1-6(10)9-4-2-7-3-5-11-8(7)9/h2-5H,1H3. The van der Waals surface area contributed by atoms with E-state index in [0.29, 0.717) is 0 Å². The Morgan fingerprint density at radius 1 is 1.55 bits per heavy atom. The summed E-state index contributed by atoms with van der Waals surface area (Å²) in [6.45, 7) is 1.57. The molecule has 56 valence electrons. The van der Waals surface area contributed by atoms with Gasteiger partial charge in [0.25, 0.3) is 0 Å². The lowest BCUT2D eigenvalue weighted by molar-refractivity contribution is 0.0942. The molecule has 0 aliphatic rings. The first kappa shape index (κ1) is 6.61. The van der Waals surface area contributed by atoms with E-state index in [1.54, 1.807) is 22.8 Å². The molecule has 0 aromatic carbocycles. The van der Waals surface area contributed by atoms with Crippen molar-refractivity contribution in [2.75, 3.05) is 0 Å². The summed E-state index contributed by atoms with van der Waals surface area (Å²) in [5.41, 5.74) is 0. The van der Waals surface area contributed by atoms with Crippen LogP contribution in [-0.2, 0) is 0 Å². The largest absolute Gasteiger partial charge is 0.278 e. The zero-order chi connectivity index (χ0) is 7.84. The van der Waals surface area contributed by atoms with Crippen molar-refractivity contribution in [2.24, 2.45) is 0 Å². The molecule has 3 heteroatoms. The summed E-state index contributed by atoms with van der Waals surface area (Å²) in [5, 5.41) is 3.13. The maximum atomic E-state index is 11.0. The van der Waals surface area contributed by atoms with Gasteiger partial charge in [0.05, 0.1) is 0 Å². The lowest BCUT2D eigenvalue weighted by Gasteiger charge is -1.93. The normalized spacial score (nSPS) is 10.6. The van der Waals surface area contributed by atoms with E-state index >= 15 is 0 Å². The van der Waals surface area contributed by atoms with Gasteiger partial charge in [0.1, 0.15) is 4.83 Å². The highest BCUT2D eigenvalue weighted by Crippen LogP contribution is 2.21. The van der Waals surface area contributed by atoms with E-state index in [0.717, 1.165) is 10.2 Å². The summed E-state index contributed by atoms with van der Waals surface area (Å²) in [4.78, 5) is 12.0. The second kappa shape index (κ2) is 2.20. The third kappa shape index (κ3) is 0.886. The molecule has 2 rings (SSSR count). The van der Waals surface area contributed by atoms with Crippen LogP contribution in [0.1, 0.15) is 11.7 Å². The van der Waals surface area contributed by atoms with Gasteiger partial charge < -0.3 is 0 Å². The molecular weight excluding hydrogens is 158 g/mol. The molecule has 0 unspecified atom stereocenters. The van der Waals surface area contributed by atoms with Crippen molar-refractivity contribution in [3.63, 3.8) is 0 Å². The minimum Gasteiger partial charge on any atom is -0.278 e. The number of thiophene rings is 1. The van der Waals surface area contributed by atoms with Crippen molar-refractivity contribution in [3.8, 4) is 0 Å². The van der Waals surface area contributed by atoms with Crippen molar-refractivity contribution in [1.82, 2.24) is 4.57 Å². The quantitative estimate of drug-likeness (QED) is 0.587. The van der Waals surface area contributed by atoms with E-state index in [2.05, 4.69) is 0 Å². The monoisotopic (exact) mass is 165 g/mol. The number of rotatable bonds is 0. The molecule has 0 radical (unpaired) electrons. The minimum atomic E-state index is 0.0717. The highest BCUT2D eigenvalue weighted by Gasteiger charge is 2.03. The molecule has 2 nitrogen and oxygen atoms in total. The van der Waals surface area contributed by atoms with Crippen molar-refractivity contribution in [2.45, 2.75) is 6.92 Å². The number of aromatic nitrogens is 1. The summed E-state index contributed by atoms with van der Waals surface area (Å²) >= 11 is 1.59. The molecule has 0 spiro atoms. The summed E-state index contributed by atoms with van der Waals surface area (Å²) in [5.74, 6) is 0.0717. The molecule has 0 N–H and O–H groups in total. The van der Waals surface area contributed by atoms with Gasteiger partial charge in [-0.2, -0.15) is 0 Å². The van der Waals surface area contributed by atoms with Crippen LogP contribution >= 0.6 is 11.3 Å². The predicted octanol–water partition coefficient (Wildman–Crippen LogP) is 2.36. The molecule has 0 saturated carbocycles. The van der Waals surface area contributed by atoms with Gasteiger partial charge in [0, 0.05) is 18.5 Å². The number of hydrogen-bond acceptors (Lipinski definition) is 2. The van der Waals surface area contributed by atoms with Gasteiger partial charge in [-0.05, 0) is 17.5 Å². The summed E-state index contributed by atoms with van der Waals surface area (Å²) in [7, 11) is 0. The van der Waals surface area contributed by atoms with E-state index in [-0.39, 0.29) is 5.91 Å². The van der Waals surface area contributed by atoms with Crippen molar-refractivity contribution < 1.29 is 4.79 Å². The Balaban J connectivity index is 2.78. The van der Waals surface area contributed by atoms with Crippen LogP contribution in [0.25, 0.3) is 10.2 Å². The highest BCUT2D eigenvalue weighted by atomic mass is 32.1. The zero-order valence-corrected chi connectivity index (χ0v) is 6.89. The van der Waals surface area contributed by atoms with Crippen LogP contribution in [0.15, 0.2) is 23.7 Å². The number of carbonyl (C=O) groups excluding carboxylic acids is 1. The van der Waals surface area contributed by atoms with Gasteiger partial charge in [0.2, 0.25) is 5.91 Å². The fraction of sp³-hybridized carbons (Fsp3) is 0.125. The molecule has 2 aromatic heterocycles. The van der Waals surface area contributed by atoms with Crippen LogP contribution in [0, 0.1) is 0 Å². The molecule has 0 amide bonds. The smallest absolute Gasteiger partial charge is 0.228 e. The summed E-state index contributed by atoms with van der Waals surface area (Å²) in [6.07, 6.45) is 1.81. The van der Waals surface area contributed by atoms with Crippen LogP contribution < -0.4 is 0 Å². The molecule has 2 aromatic rings. The summed E-state index contributed by atoms with van der Waals surface area (Å²) < 4.78 is 1.67. The van der Waals surface area contributed by atoms with Crippen LogP contribution in [0.2, 0.25) is 0 Å². The van der Waals surface area contributed by atoms with Gasteiger partial charge in [-0.25, -0.2) is 0 Å². The predicted molar refractivity (Wildman–Crippen MR) is 46.1 cm³/mol. The average molecular weight is 165 g/mol. The van der Waals surface area contributed by atoms with E-state index in [1.807, 2.05) is 23.7 Å². The van der Waals surface area contributed by atoms with Gasteiger partial charge in [0.15, 0.2) is 0 Å². The van der Waals surface area contributed by atoms with E-state index in [9.17, 15) is 4.79 Å². The first-order valence-electron chi connectivity index (χ1n) is 3.34. The second-order valence-corrected chi connectivity index (χ2v) is 3.28. The van der Waals surface area contributed by atoms with Crippen molar-refractivity contribution in [1.29, 1.82) is 0 Å². The van der Waals surface area contributed by atoms with Gasteiger partial charge >= 0.3 is 0 Å². The molecule has 0 fully saturated rings. The zero-order valence-electron chi connectivity index (χ0n) is 6.07. The second-order valence-electron chi connectivity index (χ2n) is 2.39. The molecule has 0 saturated heterocycles. The van der Waals surface area contributed by atoms with Gasteiger partial charge in [-0.1, -0.05) is 0 Å². The molecular formula is C8H7NOS. The Kier molecular flexibility index (Phi) is 1.32. The fourth-order valence-corrected chi connectivity index (χ4v) is 2.02. The SMILES string of the molecule is CC(=O)n1ccc2ccsc21. The number of fused-ring (bicyclic) bond motifs is 1. The van der Waals surface area contributed by atoms with Crippen molar-refractivity contribution >= 4 is 27.5 Å². The maximum absolute atomic E-state index is 11.0. The number of hydrogen-bond donors (Lipinski definition) is 0. The molecule has 0 bridgehead atoms. The van der Waals surface area contributed by atoms with Crippen LogP contribution in [0.4, 0.5) is 0 Å². The van der Waals surface area contributed by atoms with Crippen LogP contribution in [-0.4, -0.2) is 10.5 Å². The molecule has 2 heterocycles. The maximum Gasteiger partial charge on any atom is 0.228 e. The van der Waals surface area contributed by atoms with Gasteiger partial charge in [-0.15, -0.1) is 11.3 Å². The Morgan fingerprint density at radius 2 is 2.36 bits per heavy atom. The average Bonchev–Trinajstić information content (AvgIpc) is 2.41. The van der Waals surface area contributed by atoms with Crippen LogP contribution in [0.3, 0.4) is 0 Å². The lowest BCUT2D eigenvalue weighted by Crippen LogP contribution is -2.01. The Hall–Kier alpha value is -1.09. The molecule has 0 aliphatic heterocycles. The molecule has 11 heavy (non-hydrogen) atoms. The number of nitrogens with zero attached hydrogens (tertiary/aromatic N) is 1. The lowest BCUT2D eigenvalue weighted by atomic mass is 10.4. The van der Waals surface area contributed by atoms with E-state index in [4.69, 9.17) is 0 Å². The fourth-order valence-electron chi connectivity index (χ4n) is 1.10. The molecule has 0 atom stereocenters. The Bertz CT molecular complexity index is 399. The highest BCUT2D eigenvalue weighted by molar-refractivity contribution is 7.16. The van der Waals surface area contributed by atoms with Crippen molar-refractivity contribution in [3.05, 3.63) is 23.7 Å². The minimum absolute atomic E-state index is 0.0717.